The normalized spacial score (nSPS) is 17.3. The highest BCUT2D eigenvalue weighted by Crippen LogP contribution is 2.36. The van der Waals surface area contributed by atoms with Crippen molar-refractivity contribution < 1.29 is 19.4 Å². The number of carboxylic acid groups (broad SMARTS) is 1. The zero-order valence-corrected chi connectivity index (χ0v) is 12.2. The molecule has 7 heteroatoms. The summed E-state index contributed by atoms with van der Waals surface area (Å²) in [6.07, 6.45) is 1.79. The summed E-state index contributed by atoms with van der Waals surface area (Å²) in [5.41, 5.74) is -0.470. The quantitative estimate of drug-likeness (QED) is 0.837. The van der Waals surface area contributed by atoms with Crippen LogP contribution in [-0.4, -0.2) is 47.4 Å². The fraction of sp³-hybridized carbons (Fsp3) is 0.571. The van der Waals surface area contributed by atoms with Gasteiger partial charge >= 0.3 is 11.9 Å². The molecule has 114 valence electrons. The lowest BCUT2D eigenvalue weighted by molar-refractivity contribution is -0.150. The van der Waals surface area contributed by atoms with Crippen molar-refractivity contribution in [3.05, 3.63) is 17.8 Å². The molecule has 0 unspecified atom stereocenters. The van der Waals surface area contributed by atoms with E-state index in [1.54, 1.807) is 12.1 Å². The molecule has 1 aliphatic heterocycles. The highest BCUT2D eigenvalue weighted by Gasteiger charge is 2.40. The predicted octanol–water partition coefficient (Wildman–Crippen LogP) is 1.34. The molecule has 1 aromatic heterocycles. The van der Waals surface area contributed by atoms with Gasteiger partial charge in [-0.2, -0.15) is 0 Å². The SMILES string of the molecule is CCC1(C(=O)O)CCN(c2ccc(C(=O)OC)nn2)CC1. The number of esters is 1. The van der Waals surface area contributed by atoms with Crippen LogP contribution in [0.5, 0.6) is 0 Å². The van der Waals surface area contributed by atoms with Gasteiger partial charge in [-0.3, -0.25) is 4.79 Å². The van der Waals surface area contributed by atoms with E-state index in [2.05, 4.69) is 14.9 Å². The van der Waals surface area contributed by atoms with Crippen molar-refractivity contribution in [3.63, 3.8) is 0 Å². The lowest BCUT2D eigenvalue weighted by Crippen LogP contribution is -2.44. The van der Waals surface area contributed by atoms with E-state index in [4.69, 9.17) is 0 Å². The van der Waals surface area contributed by atoms with Crippen LogP contribution < -0.4 is 4.90 Å². The molecular weight excluding hydrogens is 274 g/mol. The molecule has 1 N–H and O–H groups in total. The summed E-state index contributed by atoms with van der Waals surface area (Å²) in [6, 6.07) is 3.27. The second-order valence-electron chi connectivity index (χ2n) is 5.19. The Morgan fingerprint density at radius 2 is 2.00 bits per heavy atom. The number of ether oxygens (including phenoxy) is 1. The third-order valence-corrected chi connectivity index (χ3v) is 4.22. The van der Waals surface area contributed by atoms with Crippen LogP contribution in [0.1, 0.15) is 36.7 Å². The summed E-state index contributed by atoms with van der Waals surface area (Å²) in [6.45, 7) is 3.15. The molecule has 2 rings (SSSR count). The van der Waals surface area contributed by atoms with Crippen molar-refractivity contribution in [2.75, 3.05) is 25.1 Å². The number of aliphatic carboxylic acids is 1. The van der Waals surface area contributed by atoms with E-state index in [-0.39, 0.29) is 5.69 Å². The molecule has 21 heavy (non-hydrogen) atoms. The molecule has 0 aromatic carbocycles. The lowest BCUT2D eigenvalue weighted by atomic mass is 9.76. The molecule has 0 amide bonds. The van der Waals surface area contributed by atoms with Gasteiger partial charge in [0.25, 0.3) is 0 Å². The average molecular weight is 293 g/mol. The van der Waals surface area contributed by atoms with Gasteiger partial charge in [0.1, 0.15) is 0 Å². The zero-order chi connectivity index (χ0) is 15.5. The number of carbonyl (C=O) groups is 2. The van der Waals surface area contributed by atoms with Gasteiger partial charge in [0.2, 0.25) is 0 Å². The van der Waals surface area contributed by atoms with Crippen LogP contribution in [0.4, 0.5) is 5.82 Å². The molecule has 1 aromatic rings. The summed E-state index contributed by atoms with van der Waals surface area (Å²) < 4.78 is 4.57. The molecule has 2 heterocycles. The molecule has 0 atom stereocenters. The average Bonchev–Trinajstić information content (AvgIpc) is 2.54. The van der Waals surface area contributed by atoms with Crippen LogP contribution in [0, 0.1) is 5.41 Å². The Balaban J connectivity index is 2.05. The Morgan fingerprint density at radius 1 is 1.33 bits per heavy atom. The molecule has 1 fully saturated rings. The standard InChI is InChI=1S/C14H19N3O4/c1-3-14(13(19)20)6-8-17(9-7-14)11-5-4-10(15-16-11)12(18)21-2/h4-5H,3,6-9H2,1-2H3,(H,19,20). The van der Waals surface area contributed by atoms with Gasteiger partial charge in [0.15, 0.2) is 11.5 Å². The number of carboxylic acids is 1. The van der Waals surface area contributed by atoms with Crippen LogP contribution in [0.3, 0.4) is 0 Å². The van der Waals surface area contributed by atoms with Gasteiger partial charge < -0.3 is 14.7 Å². The first kappa shape index (κ1) is 15.2. The van der Waals surface area contributed by atoms with E-state index < -0.39 is 17.4 Å². The smallest absolute Gasteiger partial charge is 0.358 e. The van der Waals surface area contributed by atoms with E-state index in [1.807, 2.05) is 11.8 Å². The first-order chi connectivity index (χ1) is 10.0. The first-order valence-electron chi connectivity index (χ1n) is 6.93. The number of rotatable bonds is 4. The summed E-state index contributed by atoms with van der Waals surface area (Å²) in [4.78, 5) is 24.7. The van der Waals surface area contributed by atoms with E-state index >= 15 is 0 Å². The molecule has 0 saturated carbocycles. The number of anilines is 1. The van der Waals surface area contributed by atoms with Crippen LogP contribution in [0.25, 0.3) is 0 Å². The third kappa shape index (κ3) is 2.96. The summed E-state index contributed by atoms with van der Waals surface area (Å²) >= 11 is 0. The number of piperidine rings is 1. The van der Waals surface area contributed by atoms with E-state index in [1.165, 1.54) is 7.11 Å². The van der Waals surface area contributed by atoms with Gasteiger partial charge in [0, 0.05) is 13.1 Å². The number of nitrogens with zero attached hydrogens (tertiary/aromatic N) is 3. The van der Waals surface area contributed by atoms with Crippen LogP contribution in [-0.2, 0) is 9.53 Å². The maximum Gasteiger partial charge on any atom is 0.358 e. The third-order valence-electron chi connectivity index (χ3n) is 4.22. The fourth-order valence-electron chi connectivity index (χ4n) is 2.59. The van der Waals surface area contributed by atoms with Crippen molar-refractivity contribution in [1.82, 2.24) is 10.2 Å². The van der Waals surface area contributed by atoms with Crippen LogP contribution >= 0.6 is 0 Å². The highest BCUT2D eigenvalue weighted by molar-refractivity contribution is 5.87. The molecule has 7 nitrogen and oxygen atoms in total. The lowest BCUT2D eigenvalue weighted by Gasteiger charge is -2.38. The van der Waals surface area contributed by atoms with Gasteiger partial charge in [-0.15, -0.1) is 10.2 Å². The molecule has 1 saturated heterocycles. The Hall–Kier alpha value is -2.18. The van der Waals surface area contributed by atoms with Gasteiger partial charge in [-0.1, -0.05) is 6.92 Å². The minimum absolute atomic E-state index is 0.159. The number of hydrogen-bond donors (Lipinski definition) is 1. The largest absolute Gasteiger partial charge is 0.481 e. The Bertz CT molecular complexity index is 522. The van der Waals surface area contributed by atoms with E-state index in [0.717, 1.165) is 0 Å². The maximum atomic E-state index is 11.4. The van der Waals surface area contributed by atoms with Gasteiger partial charge in [0.05, 0.1) is 12.5 Å². The molecule has 0 radical (unpaired) electrons. The molecule has 0 bridgehead atoms. The van der Waals surface area contributed by atoms with Crippen molar-refractivity contribution in [2.24, 2.45) is 5.41 Å². The minimum atomic E-state index is -0.725. The number of hydrogen-bond acceptors (Lipinski definition) is 6. The Labute approximate surface area is 122 Å². The summed E-state index contributed by atoms with van der Waals surface area (Å²) in [5, 5.41) is 17.2. The van der Waals surface area contributed by atoms with Crippen LogP contribution in [0.15, 0.2) is 12.1 Å². The van der Waals surface area contributed by atoms with E-state index in [9.17, 15) is 14.7 Å². The van der Waals surface area contributed by atoms with Crippen molar-refractivity contribution in [1.29, 1.82) is 0 Å². The van der Waals surface area contributed by atoms with E-state index in [0.29, 0.717) is 38.2 Å². The summed E-state index contributed by atoms with van der Waals surface area (Å²) in [5.74, 6) is -0.599. The highest BCUT2D eigenvalue weighted by atomic mass is 16.5. The summed E-state index contributed by atoms with van der Waals surface area (Å²) in [7, 11) is 1.29. The maximum absolute atomic E-state index is 11.4. The molecular formula is C14H19N3O4. The molecule has 0 spiro atoms. The second-order valence-corrected chi connectivity index (χ2v) is 5.19. The zero-order valence-electron chi connectivity index (χ0n) is 12.2. The van der Waals surface area contributed by atoms with Crippen molar-refractivity contribution in [2.45, 2.75) is 26.2 Å². The monoisotopic (exact) mass is 293 g/mol. The number of carbonyl (C=O) groups excluding carboxylic acids is 1. The Morgan fingerprint density at radius 3 is 2.43 bits per heavy atom. The first-order valence-corrected chi connectivity index (χ1v) is 6.93. The predicted molar refractivity (Wildman–Crippen MR) is 75.2 cm³/mol. The van der Waals surface area contributed by atoms with Gasteiger partial charge in [-0.25, -0.2) is 4.79 Å². The van der Waals surface area contributed by atoms with Gasteiger partial charge in [-0.05, 0) is 31.4 Å². The van der Waals surface area contributed by atoms with Crippen molar-refractivity contribution in [3.8, 4) is 0 Å². The topological polar surface area (TPSA) is 92.6 Å². The van der Waals surface area contributed by atoms with Crippen molar-refractivity contribution >= 4 is 17.8 Å². The second kappa shape index (κ2) is 6.07. The number of methoxy groups -OCH3 is 1. The molecule has 1 aliphatic rings. The minimum Gasteiger partial charge on any atom is -0.481 e. The van der Waals surface area contributed by atoms with Crippen LogP contribution in [0.2, 0.25) is 0 Å². The number of aromatic nitrogens is 2. The Kier molecular flexibility index (Phi) is 4.40. The molecule has 0 aliphatic carbocycles. The fourth-order valence-corrected chi connectivity index (χ4v) is 2.59.